The molecule has 0 saturated carbocycles. The molecule has 0 bridgehead atoms. The van der Waals surface area contributed by atoms with Crippen LogP contribution in [0.1, 0.15) is 42.5 Å². The van der Waals surface area contributed by atoms with Crippen molar-refractivity contribution in [2.45, 2.75) is 12.4 Å². The highest BCUT2D eigenvalue weighted by Gasteiger charge is 2.38. The number of aromatic carboxylic acids is 1. The highest BCUT2D eigenvalue weighted by Crippen LogP contribution is 2.35. The molecule has 94 heavy (non-hydrogen) atoms. The molecule has 0 aliphatic carbocycles. The molecular weight excluding hydrogens is 1310 g/mol. The summed E-state index contributed by atoms with van der Waals surface area (Å²) < 4.78 is 97.8. The van der Waals surface area contributed by atoms with Gasteiger partial charge >= 0.3 is 28.8 Å². The van der Waals surface area contributed by atoms with Gasteiger partial charge in [0, 0.05) is 103 Å². The first-order chi connectivity index (χ1) is 45.0. The number of nitrogen functional groups attached to an aromatic ring is 1. The Labute approximate surface area is 545 Å². The summed E-state index contributed by atoms with van der Waals surface area (Å²) in [4.78, 5) is 67.4. The van der Waals surface area contributed by atoms with Crippen LogP contribution in [0.5, 0.6) is 0 Å². The van der Waals surface area contributed by atoms with Gasteiger partial charge in [0.25, 0.3) is 11.1 Å². The number of alkyl halides is 6. The largest absolute Gasteiger partial charge is 0.478 e. The van der Waals surface area contributed by atoms with Crippen LogP contribution in [0.3, 0.4) is 0 Å². The number of nitrogens with two attached hydrogens (primary N) is 1. The normalized spacial score (nSPS) is 13.8. The number of carboxylic acid groups (broad SMARTS) is 1. The van der Waals surface area contributed by atoms with Crippen molar-refractivity contribution in [2.75, 3.05) is 105 Å². The molecule has 1 amide bonds. The van der Waals surface area contributed by atoms with Crippen molar-refractivity contribution in [3.8, 4) is 34.2 Å². The van der Waals surface area contributed by atoms with Gasteiger partial charge < -0.3 is 45.1 Å². The quantitative estimate of drug-likeness (QED) is 0.0582. The van der Waals surface area contributed by atoms with Crippen molar-refractivity contribution in [2.24, 2.45) is 0 Å². The average Bonchev–Trinajstić information content (AvgIpc) is 1.65. The van der Waals surface area contributed by atoms with E-state index >= 15 is 0 Å². The van der Waals surface area contributed by atoms with E-state index in [1.807, 2.05) is 36.4 Å². The first-order valence-electron chi connectivity index (χ1n) is 28.0. The zero-order valence-electron chi connectivity index (χ0n) is 49.0. The van der Waals surface area contributed by atoms with E-state index in [4.69, 9.17) is 36.7 Å². The lowest BCUT2D eigenvalue weighted by atomic mass is 10.1. The van der Waals surface area contributed by atoms with Crippen molar-refractivity contribution < 1.29 is 69.6 Å². The van der Waals surface area contributed by atoms with E-state index in [0.717, 1.165) is 94.9 Å². The first-order valence-corrected chi connectivity index (χ1v) is 29.2. The van der Waals surface area contributed by atoms with Crippen molar-refractivity contribution in [1.29, 1.82) is 0 Å². The first kappa shape index (κ1) is 69.9. The number of carboxylic acids is 1. The number of amides is 1. The summed E-state index contributed by atoms with van der Waals surface area (Å²) in [6.45, 7) is 9.40. The summed E-state index contributed by atoms with van der Waals surface area (Å²) in [5.41, 5.74) is 8.99. The summed E-state index contributed by atoms with van der Waals surface area (Å²) in [5, 5.41) is 31.6. The van der Waals surface area contributed by atoms with Gasteiger partial charge in [0.15, 0.2) is 28.8 Å². The van der Waals surface area contributed by atoms with Crippen LogP contribution in [0, 0.1) is 0 Å². The minimum atomic E-state index is -4.67. The monoisotopic (exact) mass is 1360 g/mol. The molecule has 0 radical (unpaired) electrons. The molecule has 9 heterocycles. The SMILES string of the molecule is Nc1ccc(-n2nc(-c3cccnc3)cc2C(F)(F)F)nn1.O=C(Cl)C(=O)Cl.O=C(Cl)c1ccc(N2CCOCC2)cc1.O=C(Nc1ccc(-n2nc(-c3cccnc3)cc2C(F)(F)F)nn1)c1ccc(N2CCOCC2)cc1.O=C(O)c1ccc(N2CCOCC2)cc1. The van der Waals surface area contributed by atoms with Crippen LogP contribution in [0.2, 0.25) is 0 Å². The number of halogens is 9. The molecule has 24 nitrogen and oxygen atoms in total. The van der Waals surface area contributed by atoms with Crippen LogP contribution in [-0.2, 0) is 36.2 Å². The van der Waals surface area contributed by atoms with Crippen molar-refractivity contribution >= 4 is 91.1 Å². The van der Waals surface area contributed by atoms with Crippen molar-refractivity contribution in [3.05, 3.63) is 186 Å². The van der Waals surface area contributed by atoms with Crippen LogP contribution in [-0.4, -0.2) is 162 Å². The van der Waals surface area contributed by atoms with Crippen LogP contribution in [0.4, 0.5) is 55.0 Å². The number of aromatic nitrogens is 10. The number of hydrogen-bond acceptors (Lipinski definition) is 20. The highest BCUT2D eigenvalue weighted by atomic mass is 35.5. The number of carbonyl (C=O) groups excluding carboxylic acids is 4. The zero-order valence-corrected chi connectivity index (χ0v) is 51.3. The lowest BCUT2D eigenvalue weighted by Crippen LogP contribution is -2.36. The Hall–Kier alpha value is -9.98. The summed E-state index contributed by atoms with van der Waals surface area (Å²) in [6.07, 6.45) is -3.36. The van der Waals surface area contributed by atoms with Gasteiger partial charge in [-0.05, 0) is 168 Å². The van der Waals surface area contributed by atoms with E-state index in [1.54, 1.807) is 60.7 Å². The van der Waals surface area contributed by atoms with E-state index in [-0.39, 0.29) is 34.7 Å². The highest BCUT2D eigenvalue weighted by molar-refractivity contribution is 6.97. The fourth-order valence-corrected chi connectivity index (χ4v) is 9.00. The second kappa shape index (κ2) is 33.0. The van der Waals surface area contributed by atoms with Crippen molar-refractivity contribution in [3.63, 3.8) is 0 Å². The number of nitrogens with zero attached hydrogens (tertiary/aromatic N) is 13. The molecule has 0 atom stereocenters. The van der Waals surface area contributed by atoms with Gasteiger partial charge in [-0.1, -0.05) is 0 Å². The summed E-state index contributed by atoms with van der Waals surface area (Å²) >= 11 is 14.4. The van der Waals surface area contributed by atoms with Crippen molar-refractivity contribution in [1.82, 2.24) is 49.9 Å². The van der Waals surface area contributed by atoms with E-state index in [1.165, 1.54) is 49.1 Å². The van der Waals surface area contributed by atoms with Gasteiger partial charge in [-0.25, -0.2) is 14.2 Å². The molecule has 490 valence electrons. The number of nitrogens with one attached hydrogen (secondary N) is 1. The molecule has 3 aliphatic rings. The van der Waals surface area contributed by atoms with Gasteiger partial charge in [0.05, 0.1) is 56.6 Å². The molecule has 3 saturated heterocycles. The fourth-order valence-electron chi connectivity index (χ4n) is 8.87. The van der Waals surface area contributed by atoms with Gasteiger partial charge in [0.2, 0.25) is 0 Å². The summed E-state index contributed by atoms with van der Waals surface area (Å²) in [5.74, 6) is -1.32. The Balaban J connectivity index is 0.000000167. The second-order valence-corrected chi connectivity index (χ2v) is 20.8. The predicted molar refractivity (Wildman–Crippen MR) is 334 cm³/mol. The summed E-state index contributed by atoms with van der Waals surface area (Å²) in [6, 6.07) is 35.0. The molecule has 6 aromatic heterocycles. The molecule has 12 rings (SSSR count). The maximum Gasteiger partial charge on any atom is 0.433 e. The minimum absolute atomic E-state index is 0.0725. The lowest BCUT2D eigenvalue weighted by molar-refractivity contribution is -0.143. The molecule has 4 N–H and O–H groups in total. The Bertz CT molecular complexity index is 3880. The Morgan fingerprint density at radius 3 is 1.19 bits per heavy atom. The Kier molecular flexibility index (Phi) is 24.6. The molecule has 0 unspecified atom stereocenters. The number of anilines is 5. The molecule has 3 aliphatic heterocycles. The maximum absolute atomic E-state index is 13.7. The number of benzene rings is 3. The number of hydrogen-bond donors (Lipinski definition) is 3. The van der Waals surface area contributed by atoms with Gasteiger partial charge in [-0.2, -0.15) is 36.5 Å². The number of morpholine rings is 3. The predicted octanol–water partition coefficient (Wildman–Crippen LogP) is 9.80. The third-order valence-electron chi connectivity index (χ3n) is 13.5. The molecule has 3 aromatic carbocycles. The molecule has 0 spiro atoms. The third kappa shape index (κ3) is 20.0. The van der Waals surface area contributed by atoms with E-state index in [2.05, 4.69) is 83.8 Å². The van der Waals surface area contributed by atoms with E-state index in [0.29, 0.717) is 50.4 Å². The standard InChI is InChI=1S/C24H20F3N7O2.C13H9F3N6.C11H12ClNO2.C11H13NO3.C2Cl2O2/c25-24(26,27)20-14-19(17-2-1-9-28-15-17)32-34(20)22-8-7-21(30-31-22)29-23(35)16-3-5-18(6-4-16)33-10-12-36-13-11-33;14-13(15,16)10-6-9(8-2-1-5-18-7-8)21-22(10)12-4-3-11(17)19-20-12;12-11(14)9-1-3-10(4-2-9)13-5-7-15-8-6-13;13-11(14)9-1-3-10(4-2-9)12-5-7-15-8-6-12;3-1(5)2(4)6/h1-9,14-15H,10-13H2,(H,29,30,35);1-7H,(H2,17,19);1-4H,5-8H2;1-4H,5-8H2,(H,13,14);. The van der Waals surface area contributed by atoms with Crippen LogP contribution < -0.4 is 25.8 Å². The smallest absolute Gasteiger partial charge is 0.433 e. The number of rotatable bonds is 12. The van der Waals surface area contributed by atoms with Crippen LogP contribution in [0.15, 0.2) is 158 Å². The Morgan fingerprint density at radius 2 is 0.872 bits per heavy atom. The third-order valence-corrected chi connectivity index (χ3v) is 14.2. The van der Waals surface area contributed by atoms with E-state index in [9.17, 15) is 50.3 Å². The van der Waals surface area contributed by atoms with Crippen LogP contribution >= 0.6 is 34.8 Å². The topological polar surface area (TPSA) is 294 Å². The van der Waals surface area contributed by atoms with Gasteiger partial charge in [0.1, 0.15) is 5.82 Å². The van der Waals surface area contributed by atoms with E-state index < -0.39 is 51.3 Å². The number of carbonyl (C=O) groups is 5. The molecular formula is C61H54Cl3F6N15O9. The second-order valence-electron chi connectivity index (χ2n) is 19.7. The number of ether oxygens (including phenoxy) is 3. The summed E-state index contributed by atoms with van der Waals surface area (Å²) in [7, 11) is 0. The van der Waals surface area contributed by atoms with Crippen LogP contribution in [0.25, 0.3) is 34.2 Å². The maximum atomic E-state index is 13.7. The molecule has 3 fully saturated rings. The Morgan fingerprint density at radius 1 is 0.489 bits per heavy atom. The molecule has 33 heteroatoms. The van der Waals surface area contributed by atoms with Gasteiger partial charge in [-0.3, -0.25) is 29.1 Å². The zero-order chi connectivity index (χ0) is 67.4. The minimum Gasteiger partial charge on any atom is -0.478 e. The average molecular weight is 1360 g/mol. The molecule has 9 aromatic rings. The lowest BCUT2D eigenvalue weighted by Gasteiger charge is -2.28. The van der Waals surface area contributed by atoms with Gasteiger partial charge in [-0.15, -0.1) is 20.4 Å². The number of pyridine rings is 2. The fraction of sp³-hybridized carbons (Fsp3) is 0.230.